The molecule has 0 aliphatic heterocycles. The van der Waals surface area contributed by atoms with Crippen LogP contribution in [0.25, 0.3) is 55.0 Å². The van der Waals surface area contributed by atoms with Gasteiger partial charge in [0.2, 0.25) is 0 Å². The van der Waals surface area contributed by atoms with Gasteiger partial charge >= 0.3 is 0 Å². The molecule has 0 spiro atoms. The minimum absolute atomic E-state index is 1.01. The van der Waals surface area contributed by atoms with Crippen molar-refractivity contribution in [1.82, 2.24) is 9.97 Å². The quantitative estimate of drug-likeness (QED) is 0.294. The average Bonchev–Trinajstić information content (AvgIpc) is 2.82. The first kappa shape index (κ1) is 16.9. The molecule has 0 aliphatic carbocycles. The Morgan fingerprint density at radius 2 is 1.13 bits per heavy atom. The lowest BCUT2D eigenvalue weighted by atomic mass is 9.94. The molecule has 0 saturated heterocycles. The number of benzene rings is 4. The second-order valence-electron chi connectivity index (χ2n) is 7.48. The molecule has 2 aromatic heterocycles. The Bertz CT molecular complexity index is 1490. The molecule has 0 radical (unpaired) electrons. The van der Waals surface area contributed by atoms with Crippen LogP contribution in [0.15, 0.2) is 109 Å². The van der Waals surface area contributed by atoms with Gasteiger partial charge in [-0.3, -0.25) is 4.98 Å². The predicted octanol–water partition coefficient (Wildman–Crippen LogP) is 7.27. The van der Waals surface area contributed by atoms with E-state index in [1.165, 1.54) is 32.7 Å². The van der Waals surface area contributed by atoms with Gasteiger partial charge in [-0.25, -0.2) is 4.98 Å². The van der Waals surface area contributed by atoms with Gasteiger partial charge in [0.25, 0.3) is 0 Å². The highest BCUT2D eigenvalue weighted by Crippen LogP contribution is 2.37. The van der Waals surface area contributed by atoms with Crippen molar-refractivity contribution in [2.45, 2.75) is 0 Å². The third kappa shape index (κ3) is 2.66. The van der Waals surface area contributed by atoms with Gasteiger partial charge in [-0.1, -0.05) is 78.9 Å². The van der Waals surface area contributed by atoms with Crippen LogP contribution in [0.4, 0.5) is 0 Å². The Morgan fingerprint density at radius 1 is 0.500 bits per heavy atom. The Hall–Kier alpha value is -4.04. The molecular formula is C28H18N2. The third-order valence-corrected chi connectivity index (χ3v) is 5.69. The highest BCUT2D eigenvalue weighted by molar-refractivity contribution is 6.10. The summed E-state index contributed by atoms with van der Waals surface area (Å²) in [5, 5.41) is 4.70. The van der Waals surface area contributed by atoms with Gasteiger partial charge in [0, 0.05) is 33.5 Å². The van der Waals surface area contributed by atoms with Crippen LogP contribution in [0.2, 0.25) is 0 Å². The van der Waals surface area contributed by atoms with E-state index in [-0.39, 0.29) is 0 Å². The summed E-state index contributed by atoms with van der Waals surface area (Å²) < 4.78 is 0. The van der Waals surface area contributed by atoms with E-state index in [1.807, 2.05) is 18.3 Å². The lowest BCUT2D eigenvalue weighted by Gasteiger charge is -2.13. The van der Waals surface area contributed by atoms with Crippen molar-refractivity contribution in [3.05, 3.63) is 109 Å². The Morgan fingerprint density at radius 3 is 1.90 bits per heavy atom. The summed E-state index contributed by atoms with van der Waals surface area (Å²) in [6, 6.07) is 35.9. The lowest BCUT2D eigenvalue weighted by molar-refractivity contribution is 1.36. The van der Waals surface area contributed by atoms with E-state index in [0.717, 1.165) is 22.3 Å². The van der Waals surface area contributed by atoms with Crippen LogP contribution < -0.4 is 0 Å². The monoisotopic (exact) mass is 382 g/mol. The van der Waals surface area contributed by atoms with Crippen molar-refractivity contribution in [1.29, 1.82) is 0 Å². The topological polar surface area (TPSA) is 25.8 Å². The normalized spacial score (nSPS) is 11.3. The van der Waals surface area contributed by atoms with Crippen LogP contribution in [-0.4, -0.2) is 9.97 Å². The molecule has 0 N–H and O–H groups in total. The summed E-state index contributed by atoms with van der Waals surface area (Å²) in [7, 11) is 0. The molecule has 0 fully saturated rings. The SMILES string of the molecule is c1cc(-c2nccc3ccccc23)cc(-c2c3ccccc3nc3ccccc23)c1. The maximum Gasteiger partial charge on any atom is 0.0780 e. The van der Waals surface area contributed by atoms with E-state index in [4.69, 9.17) is 9.97 Å². The molecule has 0 amide bonds. The molecule has 2 nitrogen and oxygen atoms in total. The van der Waals surface area contributed by atoms with Gasteiger partial charge in [0.1, 0.15) is 0 Å². The van der Waals surface area contributed by atoms with E-state index in [2.05, 4.69) is 91.0 Å². The molecule has 140 valence electrons. The van der Waals surface area contributed by atoms with Gasteiger partial charge in [0.15, 0.2) is 0 Å². The number of hydrogen-bond acceptors (Lipinski definition) is 2. The standard InChI is InChI=1S/C28H18N2/c1-2-11-22-19(8-1)16-17-29-28(22)21-10-7-9-20(18-21)27-23-12-3-5-14-25(23)30-26-15-6-4-13-24(26)27/h1-18H. The highest BCUT2D eigenvalue weighted by Gasteiger charge is 2.12. The van der Waals surface area contributed by atoms with Gasteiger partial charge < -0.3 is 0 Å². The summed E-state index contributed by atoms with van der Waals surface area (Å²) in [6.07, 6.45) is 1.89. The van der Waals surface area contributed by atoms with Gasteiger partial charge in [-0.05, 0) is 35.2 Å². The fraction of sp³-hybridized carbons (Fsp3) is 0. The second kappa shape index (κ2) is 6.78. The minimum Gasteiger partial charge on any atom is -0.256 e. The number of rotatable bonds is 2. The van der Waals surface area contributed by atoms with Crippen molar-refractivity contribution in [3.63, 3.8) is 0 Å². The number of pyridine rings is 2. The minimum atomic E-state index is 1.01. The number of para-hydroxylation sites is 2. The lowest BCUT2D eigenvalue weighted by Crippen LogP contribution is -1.90. The fourth-order valence-corrected chi connectivity index (χ4v) is 4.32. The number of nitrogens with zero attached hydrogens (tertiary/aromatic N) is 2. The molecule has 30 heavy (non-hydrogen) atoms. The second-order valence-corrected chi connectivity index (χ2v) is 7.48. The summed E-state index contributed by atoms with van der Waals surface area (Å²) >= 11 is 0. The molecule has 0 saturated carbocycles. The molecule has 0 unspecified atom stereocenters. The van der Waals surface area contributed by atoms with Gasteiger partial charge in [-0.15, -0.1) is 0 Å². The molecule has 0 bridgehead atoms. The number of fused-ring (bicyclic) bond motifs is 3. The average molecular weight is 382 g/mol. The molecule has 2 heteroatoms. The molecule has 6 rings (SSSR count). The largest absolute Gasteiger partial charge is 0.256 e. The van der Waals surface area contributed by atoms with Crippen molar-refractivity contribution >= 4 is 32.6 Å². The maximum atomic E-state index is 4.87. The maximum absolute atomic E-state index is 4.87. The summed E-state index contributed by atoms with van der Waals surface area (Å²) in [6.45, 7) is 0. The number of aromatic nitrogens is 2. The first-order valence-electron chi connectivity index (χ1n) is 10.1. The van der Waals surface area contributed by atoms with Crippen LogP contribution >= 0.6 is 0 Å². The fourth-order valence-electron chi connectivity index (χ4n) is 4.32. The summed E-state index contributed by atoms with van der Waals surface area (Å²) in [4.78, 5) is 9.60. The summed E-state index contributed by atoms with van der Waals surface area (Å²) in [5.41, 5.74) is 6.56. The summed E-state index contributed by atoms with van der Waals surface area (Å²) in [5.74, 6) is 0. The van der Waals surface area contributed by atoms with Gasteiger partial charge in [-0.2, -0.15) is 0 Å². The first-order chi connectivity index (χ1) is 14.9. The van der Waals surface area contributed by atoms with Gasteiger partial charge in [0.05, 0.1) is 16.7 Å². The predicted molar refractivity (Wildman–Crippen MR) is 125 cm³/mol. The Kier molecular flexibility index (Phi) is 3.82. The van der Waals surface area contributed by atoms with E-state index in [0.29, 0.717) is 0 Å². The highest BCUT2D eigenvalue weighted by atomic mass is 14.7. The van der Waals surface area contributed by atoms with Crippen molar-refractivity contribution in [2.75, 3.05) is 0 Å². The van der Waals surface area contributed by atoms with Crippen molar-refractivity contribution in [2.24, 2.45) is 0 Å². The van der Waals surface area contributed by atoms with E-state index < -0.39 is 0 Å². The zero-order valence-corrected chi connectivity index (χ0v) is 16.3. The number of hydrogen-bond donors (Lipinski definition) is 0. The van der Waals surface area contributed by atoms with E-state index >= 15 is 0 Å². The van der Waals surface area contributed by atoms with Crippen LogP contribution in [0.3, 0.4) is 0 Å². The molecule has 0 aliphatic rings. The van der Waals surface area contributed by atoms with E-state index in [9.17, 15) is 0 Å². The zero-order valence-electron chi connectivity index (χ0n) is 16.3. The molecular weight excluding hydrogens is 364 g/mol. The van der Waals surface area contributed by atoms with Crippen molar-refractivity contribution in [3.8, 4) is 22.4 Å². The Labute approximate surface area is 174 Å². The zero-order chi connectivity index (χ0) is 19.9. The molecule has 2 heterocycles. The molecule has 0 atom stereocenters. The van der Waals surface area contributed by atoms with E-state index in [1.54, 1.807) is 0 Å². The smallest absolute Gasteiger partial charge is 0.0780 e. The van der Waals surface area contributed by atoms with Crippen molar-refractivity contribution < 1.29 is 0 Å². The Balaban J connectivity index is 1.66. The van der Waals surface area contributed by atoms with Crippen LogP contribution in [0.5, 0.6) is 0 Å². The molecule has 6 aromatic rings. The van der Waals surface area contributed by atoms with Crippen LogP contribution in [0.1, 0.15) is 0 Å². The van der Waals surface area contributed by atoms with Crippen LogP contribution in [-0.2, 0) is 0 Å². The third-order valence-electron chi connectivity index (χ3n) is 5.69. The van der Waals surface area contributed by atoms with Crippen LogP contribution in [0, 0.1) is 0 Å². The molecule has 4 aromatic carbocycles. The first-order valence-corrected chi connectivity index (χ1v) is 10.1.